The monoisotopic (exact) mass is 1200 g/mol. The molecule has 0 amide bonds. The summed E-state index contributed by atoms with van der Waals surface area (Å²) in [6.07, 6.45) is 36.2. The lowest BCUT2D eigenvalue weighted by Crippen LogP contribution is -2.30. The highest BCUT2D eigenvalue weighted by Gasteiger charge is 2.30. The van der Waals surface area contributed by atoms with E-state index in [-0.39, 0.29) is 25.7 Å². The van der Waals surface area contributed by atoms with E-state index >= 15 is 0 Å². The minimum atomic E-state index is -4.94. The molecule has 0 rings (SSSR count). The van der Waals surface area contributed by atoms with Gasteiger partial charge in [0.1, 0.15) is 19.3 Å². The summed E-state index contributed by atoms with van der Waals surface area (Å²) < 4.78 is 67.8. The third-order valence-electron chi connectivity index (χ3n) is 14.6. The molecule has 3 unspecified atom stereocenters. The van der Waals surface area contributed by atoms with E-state index in [1.807, 2.05) is 0 Å². The first kappa shape index (κ1) is 79.1. The standard InChI is InChI=1S/C62H120O17P2/c1-7-10-12-14-16-19-28-34-40-46-61(66)78-57(50-72-59(64)44-38-32-24-15-13-11-8-2)52-76-80(68,69)74-48-56(63)49-75-81(70,71)77-53-58(51-73-60(65)45-39-33-27-23-22-26-31-37-43-55(6)9-3)79-62(67)47-41-35-29-21-18-17-20-25-30-36-42-54(4)5/h54-58,63H,7-53H2,1-6H3,(H,68,69)(H,70,71)/t55?,56-,57+,58+/m0/s1. The summed E-state index contributed by atoms with van der Waals surface area (Å²) in [7, 11) is -9.88. The van der Waals surface area contributed by atoms with E-state index in [1.54, 1.807) is 0 Å². The van der Waals surface area contributed by atoms with Crippen LogP contribution in [0.5, 0.6) is 0 Å². The molecule has 0 saturated heterocycles. The van der Waals surface area contributed by atoms with Crippen molar-refractivity contribution in [1.29, 1.82) is 0 Å². The number of carbonyl (C=O) groups excluding carboxylic acids is 4. The van der Waals surface area contributed by atoms with Crippen LogP contribution in [-0.4, -0.2) is 96.7 Å². The van der Waals surface area contributed by atoms with E-state index in [9.17, 15) is 43.2 Å². The molecule has 0 aliphatic carbocycles. The highest BCUT2D eigenvalue weighted by Crippen LogP contribution is 2.45. The number of aliphatic hydroxyl groups is 1. The summed E-state index contributed by atoms with van der Waals surface area (Å²) in [6, 6.07) is 0. The van der Waals surface area contributed by atoms with Crippen molar-refractivity contribution in [3.05, 3.63) is 0 Å². The zero-order valence-electron chi connectivity index (χ0n) is 52.1. The van der Waals surface area contributed by atoms with Crippen LogP contribution in [0.1, 0.15) is 305 Å². The van der Waals surface area contributed by atoms with Gasteiger partial charge in [-0.05, 0) is 37.5 Å². The Bertz CT molecular complexity index is 1600. The van der Waals surface area contributed by atoms with Crippen molar-refractivity contribution in [3.63, 3.8) is 0 Å². The summed E-state index contributed by atoms with van der Waals surface area (Å²) in [4.78, 5) is 72.0. The molecule has 0 aromatic heterocycles. The first-order valence-corrected chi connectivity index (χ1v) is 35.5. The Balaban J connectivity index is 5.22. The third kappa shape index (κ3) is 55.7. The fourth-order valence-corrected chi connectivity index (χ4v) is 10.7. The van der Waals surface area contributed by atoms with Crippen molar-refractivity contribution in [2.24, 2.45) is 11.8 Å². The van der Waals surface area contributed by atoms with Gasteiger partial charge in [-0.25, -0.2) is 9.13 Å². The van der Waals surface area contributed by atoms with Gasteiger partial charge >= 0.3 is 39.5 Å². The average Bonchev–Trinajstić information content (AvgIpc) is 3.43. The molecule has 19 heteroatoms. The van der Waals surface area contributed by atoms with Crippen LogP contribution in [0.3, 0.4) is 0 Å². The van der Waals surface area contributed by atoms with E-state index < -0.39 is 97.5 Å². The number of esters is 4. The van der Waals surface area contributed by atoms with Gasteiger partial charge in [0, 0.05) is 25.7 Å². The van der Waals surface area contributed by atoms with E-state index in [4.69, 9.17) is 37.0 Å². The largest absolute Gasteiger partial charge is 0.472 e. The molecule has 0 fully saturated rings. The molecule has 3 N–H and O–H groups in total. The van der Waals surface area contributed by atoms with Crippen LogP contribution >= 0.6 is 15.6 Å². The Hall–Kier alpha value is -1.94. The summed E-state index contributed by atoms with van der Waals surface area (Å²) >= 11 is 0. The molecule has 0 saturated carbocycles. The summed E-state index contributed by atoms with van der Waals surface area (Å²) in [5.74, 6) is -0.612. The quantitative estimate of drug-likeness (QED) is 0.0222. The SMILES string of the molecule is CCCCCCCCCCCC(=O)O[C@H](COC(=O)CCCCCCCCC)COP(=O)(O)OC[C@H](O)COP(=O)(O)OC[C@@H](COC(=O)CCCCCCCCCCC(C)CC)OC(=O)CCCCCCCCCCCCC(C)C. The predicted molar refractivity (Wildman–Crippen MR) is 321 cm³/mol. The van der Waals surface area contributed by atoms with Gasteiger partial charge in [0.15, 0.2) is 12.2 Å². The number of phosphoric acid groups is 2. The molecule has 6 atom stereocenters. The van der Waals surface area contributed by atoms with E-state index in [0.29, 0.717) is 25.7 Å². The van der Waals surface area contributed by atoms with Crippen LogP contribution in [0.15, 0.2) is 0 Å². The number of aliphatic hydroxyl groups excluding tert-OH is 1. The summed E-state index contributed by atoms with van der Waals surface area (Å²) in [6.45, 7) is 9.42. The van der Waals surface area contributed by atoms with E-state index in [1.165, 1.54) is 109 Å². The number of carbonyl (C=O) groups is 4. The van der Waals surface area contributed by atoms with Crippen molar-refractivity contribution < 1.29 is 80.2 Å². The molecular weight excluding hydrogens is 1080 g/mol. The molecular formula is C62H120O17P2. The normalized spacial score (nSPS) is 14.7. The van der Waals surface area contributed by atoms with Crippen LogP contribution in [-0.2, 0) is 65.4 Å². The Morgan fingerprint density at radius 3 is 0.938 bits per heavy atom. The second kappa shape index (κ2) is 54.7. The third-order valence-corrected chi connectivity index (χ3v) is 16.5. The van der Waals surface area contributed by atoms with Crippen molar-refractivity contribution in [2.45, 2.75) is 323 Å². The smallest absolute Gasteiger partial charge is 0.462 e. The van der Waals surface area contributed by atoms with Gasteiger partial charge in [-0.3, -0.25) is 37.3 Å². The van der Waals surface area contributed by atoms with Crippen LogP contribution in [0.25, 0.3) is 0 Å². The highest BCUT2D eigenvalue weighted by atomic mass is 31.2. The molecule has 0 aliphatic heterocycles. The maximum absolute atomic E-state index is 13.0. The van der Waals surface area contributed by atoms with Gasteiger partial charge in [0.2, 0.25) is 0 Å². The lowest BCUT2D eigenvalue weighted by atomic mass is 9.99. The van der Waals surface area contributed by atoms with Crippen LogP contribution < -0.4 is 0 Å². The predicted octanol–water partition coefficient (Wildman–Crippen LogP) is 16.9. The molecule has 17 nitrogen and oxygen atoms in total. The Kier molecular flexibility index (Phi) is 53.4. The molecule has 81 heavy (non-hydrogen) atoms. The molecule has 0 aromatic carbocycles. The summed E-state index contributed by atoms with van der Waals surface area (Å²) in [5, 5.41) is 10.5. The molecule has 0 radical (unpaired) electrons. The molecule has 0 aliphatic rings. The van der Waals surface area contributed by atoms with Crippen LogP contribution in [0.2, 0.25) is 0 Å². The second-order valence-electron chi connectivity index (χ2n) is 23.2. The first-order valence-electron chi connectivity index (χ1n) is 32.5. The van der Waals surface area contributed by atoms with Gasteiger partial charge in [-0.2, -0.15) is 0 Å². The molecule has 0 bridgehead atoms. The van der Waals surface area contributed by atoms with Gasteiger partial charge < -0.3 is 33.8 Å². The number of hydrogen-bond acceptors (Lipinski definition) is 15. The van der Waals surface area contributed by atoms with Gasteiger partial charge in [0.25, 0.3) is 0 Å². The zero-order chi connectivity index (χ0) is 60.1. The van der Waals surface area contributed by atoms with Gasteiger partial charge in [0.05, 0.1) is 26.4 Å². The van der Waals surface area contributed by atoms with Gasteiger partial charge in [-0.15, -0.1) is 0 Å². The molecule has 0 aromatic rings. The maximum atomic E-state index is 13.0. The van der Waals surface area contributed by atoms with Crippen molar-refractivity contribution in [3.8, 4) is 0 Å². The molecule has 480 valence electrons. The fourth-order valence-electron chi connectivity index (χ4n) is 9.15. The van der Waals surface area contributed by atoms with Gasteiger partial charge in [-0.1, -0.05) is 253 Å². The fraction of sp³-hybridized carbons (Fsp3) is 0.935. The molecule has 0 spiro atoms. The first-order chi connectivity index (χ1) is 38.9. The number of hydrogen-bond donors (Lipinski definition) is 3. The van der Waals surface area contributed by atoms with E-state index in [0.717, 1.165) is 115 Å². The average molecular weight is 1200 g/mol. The lowest BCUT2D eigenvalue weighted by molar-refractivity contribution is -0.161. The summed E-state index contributed by atoms with van der Waals surface area (Å²) in [5.41, 5.74) is 0. The maximum Gasteiger partial charge on any atom is 0.472 e. The Morgan fingerprint density at radius 2 is 0.630 bits per heavy atom. The highest BCUT2D eigenvalue weighted by molar-refractivity contribution is 7.47. The Labute approximate surface area is 492 Å². The Morgan fingerprint density at radius 1 is 0.358 bits per heavy atom. The zero-order valence-corrected chi connectivity index (χ0v) is 53.9. The number of unbranched alkanes of at least 4 members (excludes halogenated alkanes) is 30. The van der Waals surface area contributed by atoms with Crippen molar-refractivity contribution in [2.75, 3.05) is 39.6 Å². The van der Waals surface area contributed by atoms with Crippen molar-refractivity contribution >= 4 is 39.5 Å². The molecule has 0 heterocycles. The number of ether oxygens (including phenoxy) is 4. The minimum absolute atomic E-state index is 0.105. The minimum Gasteiger partial charge on any atom is -0.462 e. The van der Waals surface area contributed by atoms with Crippen LogP contribution in [0.4, 0.5) is 0 Å². The van der Waals surface area contributed by atoms with E-state index in [2.05, 4.69) is 41.5 Å². The lowest BCUT2D eigenvalue weighted by Gasteiger charge is -2.21. The van der Waals surface area contributed by atoms with Crippen molar-refractivity contribution in [1.82, 2.24) is 0 Å². The topological polar surface area (TPSA) is 237 Å². The van der Waals surface area contributed by atoms with Crippen LogP contribution in [0, 0.1) is 11.8 Å². The number of rotatable bonds is 61. The second-order valence-corrected chi connectivity index (χ2v) is 26.1. The number of phosphoric ester groups is 2.